The van der Waals surface area contributed by atoms with Gasteiger partial charge in [-0.1, -0.05) is 6.92 Å². The van der Waals surface area contributed by atoms with Gasteiger partial charge in [-0.2, -0.15) is 13.2 Å². The van der Waals surface area contributed by atoms with Gasteiger partial charge >= 0.3 is 6.18 Å². The smallest absolute Gasteiger partial charge is 0.392 e. The van der Waals surface area contributed by atoms with Crippen LogP contribution in [0.2, 0.25) is 0 Å². The number of alkyl halides is 6. The predicted octanol–water partition coefficient (Wildman–Crippen LogP) is 6.22. The van der Waals surface area contributed by atoms with E-state index < -0.39 is 60.7 Å². The molecule has 1 saturated heterocycles. The Bertz CT molecular complexity index is 917. The third-order valence-electron chi connectivity index (χ3n) is 10.6. The van der Waals surface area contributed by atoms with Crippen LogP contribution in [0.1, 0.15) is 71.1 Å². The molecule has 10 unspecified atom stereocenters. The van der Waals surface area contributed by atoms with Gasteiger partial charge in [-0.15, -0.1) is 0 Å². The van der Waals surface area contributed by atoms with Gasteiger partial charge in [0, 0.05) is 12.6 Å². The van der Waals surface area contributed by atoms with Crippen LogP contribution < -0.4 is 5.32 Å². The van der Waals surface area contributed by atoms with E-state index in [4.69, 9.17) is 10.1 Å². The molecule has 5 fully saturated rings. The van der Waals surface area contributed by atoms with Crippen molar-refractivity contribution in [2.45, 2.75) is 102 Å². The van der Waals surface area contributed by atoms with Gasteiger partial charge in [-0.05, 0) is 99.7 Å². The van der Waals surface area contributed by atoms with Gasteiger partial charge in [0.1, 0.15) is 25.1 Å². The molecule has 11 heteroatoms. The standard InChI is InChI=1S/C29H43F6N3O2/c1-15-10-18(4-7-24(15)31)26(17-2-3-17)37-27(39)22-12-16(14-38-8-9-40-28(38)36)11-21(25(22)32)20-6-5-19(30)13-23(20)29(33,34)35/h15-26,36H,2-14H2,1H3,(H,37,39)/t15?,16?,18?,19?,20?,21?,22?,23?,24?,25?,26-/m0/s1. The number of hydrogen-bond donors (Lipinski definition) is 2. The van der Waals surface area contributed by atoms with E-state index in [1.165, 1.54) is 0 Å². The Morgan fingerprint density at radius 3 is 2.35 bits per heavy atom. The number of rotatable bonds is 7. The maximum Gasteiger partial charge on any atom is 0.392 e. The first-order valence-electron chi connectivity index (χ1n) is 15.2. The van der Waals surface area contributed by atoms with E-state index >= 15 is 4.39 Å². The van der Waals surface area contributed by atoms with Crippen molar-refractivity contribution in [2.24, 2.45) is 47.3 Å². The number of hydrogen-bond acceptors (Lipinski definition) is 3. The molecule has 0 spiro atoms. The zero-order valence-corrected chi connectivity index (χ0v) is 23.2. The molecule has 1 amide bonds. The lowest BCUT2D eigenvalue weighted by atomic mass is 9.62. The number of ether oxygens (including phenoxy) is 1. The van der Waals surface area contributed by atoms with Crippen LogP contribution >= 0.6 is 0 Å². The number of amides is 1. The topological polar surface area (TPSA) is 65.4 Å². The van der Waals surface area contributed by atoms with Crippen LogP contribution in [0.25, 0.3) is 0 Å². The third kappa shape index (κ3) is 6.53. The van der Waals surface area contributed by atoms with Crippen molar-refractivity contribution in [1.82, 2.24) is 10.2 Å². The first kappa shape index (κ1) is 29.8. The van der Waals surface area contributed by atoms with E-state index in [1.54, 1.807) is 4.90 Å². The predicted molar refractivity (Wildman–Crippen MR) is 138 cm³/mol. The molecule has 0 bridgehead atoms. The first-order valence-corrected chi connectivity index (χ1v) is 15.2. The van der Waals surface area contributed by atoms with Crippen LogP contribution in [0.5, 0.6) is 0 Å². The molecule has 4 saturated carbocycles. The molecular weight excluding hydrogens is 536 g/mol. The fourth-order valence-corrected chi connectivity index (χ4v) is 8.25. The van der Waals surface area contributed by atoms with Crippen molar-refractivity contribution in [1.29, 1.82) is 5.41 Å². The Morgan fingerprint density at radius 1 is 1.00 bits per heavy atom. The Balaban J connectivity index is 1.36. The zero-order chi connectivity index (χ0) is 28.8. The molecule has 1 heterocycles. The number of amidine groups is 1. The van der Waals surface area contributed by atoms with Gasteiger partial charge in [-0.3, -0.25) is 10.2 Å². The Hall–Kier alpha value is -1.68. The van der Waals surface area contributed by atoms with E-state index in [2.05, 4.69) is 5.32 Å². The summed E-state index contributed by atoms with van der Waals surface area (Å²) >= 11 is 0. The summed E-state index contributed by atoms with van der Waals surface area (Å²) in [6.07, 6.45) is -5.65. The molecule has 228 valence electrons. The number of nitrogens with one attached hydrogen (secondary N) is 2. The summed E-state index contributed by atoms with van der Waals surface area (Å²) in [5, 5.41) is 11.1. The summed E-state index contributed by atoms with van der Waals surface area (Å²) in [5.74, 6) is -5.68. The average Bonchev–Trinajstić information content (AvgIpc) is 3.66. The van der Waals surface area contributed by atoms with E-state index in [0.717, 1.165) is 12.8 Å². The maximum atomic E-state index is 16.3. The fraction of sp³-hybridized carbons (Fsp3) is 0.931. The molecule has 0 aromatic heterocycles. The van der Waals surface area contributed by atoms with Crippen LogP contribution in [0.15, 0.2) is 0 Å². The molecule has 40 heavy (non-hydrogen) atoms. The molecule has 0 radical (unpaired) electrons. The third-order valence-corrected chi connectivity index (χ3v) is 10.6. The minimum atomic E-state index is -4.65. The number of carbonyl (C=O) groups excluding carboxylic acids is 1. The molecule has 5 nitrogen and oxygen atoms in total. The summed E-state index contributed by atoms with van der Waals surface area (Å²) in [4.78, 5) is 15.5. The van der Waals surface area contributed by atoms with Crippen molar-refractivity contribution in [3.05, 3.63) is 0 Å². The second-order valence-electron chi connectivity index (χ2n) is 13.3. The van der Waals surface area contributed by atoms with E-state index in [0.29, 0.717) is 39.0 Å². The molecule has 5 rings (SSSR count). The molecule has 4 aliphatic carbocycles. The minimum absolute atomic E-state index is 0.0163. The monoisotopic (exact) mass is 579 g/mol. The SMILES string of the molecule is CC1CC([C@@H](NC(=O)C2CC(CN3CCOC3=N)CC(C3CCC(F)CC3C(F)(F)F)C2F)C2CC2)CCC1F. The molecule has 0 aromatic carbocycles. The highest BCUT2D eigenvalue weighted by atomic mass is 19.4. The highest BCUT2D eigenvalue weighted by molar-refractivity contribution is 5.80. The van der Waals surface area contributed by atoms with Crippen LogP contribution in [0, 0.1) is 52.8 Å². The fourth-order valence-electron chi connectivity index (χ4n) is 8.25. The molecule has 1 aliphatic heterocycles. The Morgan fingerprint density at radius 2 is 1.73 bits per heavy atom. The quantitative estimate of drug-likeness (QED) is 0.352. The van der Waals surface area contributed by atoms with Crippen LogP contribution in [-0.2, 0) is 9.53 Å². The van der Waals surface area contributed by atoms with Crippen molar-refractivity contribution < 1.29 is 35.9 Å². The Kier molecular flexibility index (Phi) is 8.87. The van der Waals surface area contributed by atoms with Crippen LogP contribution in [0.3, 0.4) is 0 Å². The largest absolute Gasteiger partial charge is 0.463 e. The lowest BCUT2D eigenvalue weighted by molar-refractivity contribution is -0.213. The lowest BCUT2D eigenvalue weighted by Gasteiger charge is -2.46. The van der Waals surface area contributed by atoms with Crippen molar-refractivity contribution in [3.63, 3.8) is 0 Å². The summed E-state index contributed by atoms with van der Waals surface area (Å²) in [6, 6.07) is -0.198. The normalized spacial score (nSPS) is 41.9. The van der Waals surface area contributed by atoms with Crippen LogP contribution in [-0.4, -0.2) is 67.3 Å². The van der Waals surface area contributed by atoms with Gasteiger partial charge < -0.3 is 15.0 Å². The second kappa shape index (κ2) is 11.9. The number of halogens is 6. The van der Waals surface area contributed by atoms with Crippen molar-refractivity contribution in [3.8, 4) is 0 Å². The van der Waals surface area contributed by atoms with Crippen LogP contribution in [0.4, 0.5) is 26.3 Å². The Labute approximate surface area is 232 Å². The highest BCUT2D eigenvalue weighted by Gasteiger charge is 2.55. The average molecular weight is 580 g/mol. The van der Waals surface area contributed by atoms with Crippen molar-refractivity contribution in [2.75, 3.05) is 19.7 Å². The van der Waals surface area contributed by atoms with E-state index in [-0.39, 0.29) is 61.4 Å². The zero-order valence-electron chi connectivity index (χ0n) is 23.2. The maximum absolute atomic E-state index is 16.3. The van der Waals surface area contributed by atoms with Gasteiger partial charge in [-0.25, -0.2) is 13.2 Å². The lowest BCUT2D eigenvalue weighted by Crippen LogP contribution is -2.53. The summed E-state index contributed by atoms with van der Waals surface area (Å²) in [7, 11) is 0. The number of nitrogens with zero attached hydrogens (tertiary/aromatic N) is 1. The summed E-state index contributed by atoms with van der Waals surface area (Å²) < 4.78 is 92.0. The highest BCUT2D eigenvalue weighted by Crippen LogP contribution is 2.51. The molecule has 11 atom stereocenters. The molecular formula is C29H43F6N3O2. The molecule has 0 aromatic rings. The molecule has 2 N–H and O–H groups in total. The van der Waals surface area contributed by atoms with Gasteiger partial charge in [0.25, 0.3) is 6.02 Å². The van der Waals surface area contributed by atoms with E-state index in [1.807, 2.05) is 6.92 Å². The van der Waals surface area contributed by atoms with E-state index in [9.17, 15) is 26.7 Å². The van der Waals surface area contributed by atoms with Gasteiger partial charge in [0.15, 0.2) is 0 Å². The first-order chi connectivity index (χ1) is 18.9. The summed E-state index contributed by atoms with van der Waals surface area (Å²) in [5.41, 5.74) is 0. The van der Waals surface area contributed by atoms with Gasteiger partial charge in [0.2, 0.25) is 5.91 Å². The van der Waals surface area contributed by atoms with Gasteiger partial charge in [0.05, 0.1) is 18.4 Å². The minimum Gasteiger partial charge on any atom is -0.463 e. The van der Waals surface area contributed by atoms with Crippen molar-refractivity contribution >= 4 is 11.9 Å². The second-order valence-corrected chi connectivity index (χ2v) is 13.3. The molecule has 5 aliphatic rings. The summed E-state index contributed by atoms with van der Waals surface area (Å²) in [6.45, 7) is 2.99. The number of carbonyl (C=O) groups is 1.